The van der Waals surface area contributed by atoms with Gasteiger partial charge in [-0.1, -0.05) is 0 Å². The third kappa shape index (κ3) is 6.66. The number of fused-ring (bicyclic) bond motifs is 4. The van der Waals surface area contributed by atoms with Crippen LogP contribution in [-0.2, 0) is 9.47 Å². The number of likely N-dealkylation sites (tertiary alicyclic amines) is 1. The van der Waals surface area contributed by atoms with Crippen LogP contribution in [0.3, 0.4) is 0 Å². The Balaban J connectivity index is 0.000000174. The predicted octanol–water partition coefficient (Wildman–Crippen LogP) is 4.89. The summed E-state index contributed by atoms with van der Waals surface area (Å²) in [5.41, 5.74) is 5.17. The summed E-state index contributed by atoms with van der Waals surface area (Å²) in [6.45, 7) is 14.1. The van der Waals surface area contributed by atoms with Gasteiger partial charge >= 0.3 is 12.2 Å². The van der Waals surface area contributed by atoms with Crippen molar-refractivity contribution in [3.63, 3.8) is 0 Å². The average Bonchev–Trinajstić information content (AvgIpc) is 3.43. The summed E-state index contributed by atoms with van der Waals surface area (Å²) in [5, 5.41) is 0. The number of amides is 2. The van der Waals surface area contributed by atoms with Gasteiger partial charge in [-0.05, 0) is 119 Å². The minimum Gasteiger partial charge on any atom is -0.444 e. The second-order valence-corrected chi connectivity index (χ2v) is 13.6. The fourth-order valence-corrected chi connectivity index (χ4v) is 7.00. The molecule has 5 fully saturated rings. The third-order valence-electron chi connectivity index (χ3n) is 8.34. The van der Waals surface area contributed by atoms with Gasteiger partial charge in [-0.15, -0.1) is 0 Å². The number of hydrogen-bond donors (Lipinski definition) is 1. The summed E-state index contributed by atoms with van der Waals surface area (Å²) >= 11 is 0. The van der Waals surface area contributed by atoms with Crippen molar-refractivity contribution in [3.05, 3.63) is 0 Å². The van der Waals surface area contributed by atoms with Gasteiger partial charge in [0.1, 0.15) is 11.2 Å². The summed E-state index contributed by atoms with van der Waals surface area (Å²) in [4.78, 5) is 31.1. The van der Waals surface area contributed by atoms with Gasteiger partial charge < -0.3 is 29.9 Å². The molecule has 2 amide bonds. The SMILES string of the molecule is CC(C)(C)OC(=O)N1C2CCC1CC(N)C2.CC(C)(C)OC(=O)N1C2CCC1CC(N1CCCC1)C2. The molecular formula is C28H50N4O4. The van der Waals surface area contributed by atoms with E-state index in [1.54, 1.807) is 0 Å². The number of rotatable bonds is 1. The maximum atomic E-state index is 12.4. The molecule has 0 aromatic carbocycles. The van der Waals surface area contributed by atoms with Crippen molar-refractivity contribution in [3.8, 4) is 0 Å². The van der Waals surface area contributed by atoms with E-state index < -0.39 is 5.60 Å². The van der Waals surface area contributed by atoms with Gasteiger partial charge in [-0.2, -0.15) is 0 Å². The minimum absolute atomic E-state index is 0.0927. The lowest BCUT2D eigenvalue weighted by atomic mass is 9.96. The van der Waals surface area contributed by atoms with E-state index in [1.165, 1.54) is 25.9 Å². The molecule has 5 saturated heterocycles. The van der Waals surface area contributed by atoms with Crippen LogP contribution in [-0.4, -0.2) is 87.4 Å². The van der Waals surface area contributed by atoms with E-state index in [1.807, 2.05) is 46.4 Å². The van der Waals surface area contributed by atoms with Gasteiger partial charge in [-0.25, -0.2) is 9.59 Å². The van der Waals surface area contributed by atoms with E-state index in [9.17, 15) is 9.59 Å². The Morgan fingerprint density at radius 2 is 1.00 bits per heavy atom. The van der Waals surface area contributed by atoms with Crippen LogP contribution in [0, 0.1) is 0 Å². The van der Waals surface area contributed by atoms with Crippen molar-refractivity contribution in [1.29, 1.82) is 0 Å². The van der Waals surface area contributed by atoms with Gasteiger partial charge in [0.2, 0.25) is 0 Å². The van der Waals surface area contributed by atoms with Crippen molar-refractivity contribution in [2.24, 2.45) is 5.73 Å². The molecular weight excluding hydrogens is 456 g/mol. The molecule has 0 spiro atoms. The normalized spacial score (nSPS) is 34.3. The molecule has 0 aliphatic carbocycles. The first-order valence-electron chi connectivity index (χ1n) is 14.3. The van der Waals surface area contributed by atoms with E-state index in [4.69, 9.17) is 15.2 Å². The zero-order valence-corrected chi connectivity index (χ0v) is 23.5. The van der Waals surface area contributed by atoms with Crippen molar-refractivity contribution in [2.75, 3.05) is 13.1 Å². The number of nitrogens with two attached hydrogens (primary N) is 1. The molecule has 4 unspecified atom stereocenters. The first-order chi connectivity index (χ1) is 16.8. The number of hydrogen-bond acceptors (Lipinski definition) is 6. The Bertz CT molecular complexity index is 757. The molecule has 4 atom stereocenters. The van der Waals surface area contributed by atoms with Crippen LogP contribution >= 0.6 is 0 Å². The van der Waals surface area contributed by atoms with Crippen LogP contribution in [0.4, 0.5) is 9.59 Å². The van der Waals surface area contributed by atoms with Gasteiger partial charge in [0.05, 0.1) is 0 Å². The predicted molar refractivity (Wildman–Crippen MR) is 141 cm³/mol. The molecule has 8 nitrogen and oxygen atoms in total. The van der Waals surface area contributed by atoms with Crippen molar-refractivity contribution < 1.29 is 19.1 Å². The Labute approximate surface area is 218 Å². The Kier molecular flexibility index (Phi) is 8.15. The summed E-state index contributed by atoms with van der Waals surface area (Å²) < 4.78 is 11.0. The molecule has 5 rings (SSSR count). The van der Waals surface area contributed by atoms with Crippen LogP contribution in [0.15, 0.2) is 0 Å². The molecule has 0 aromatic rings. The molecule has 5 aliphatic rings. The lowest BCUT2D eigenvalue weighted by Gasteiger charge is -2.42. The van der Waals surface area contributed by atoms with Crippen molar-refractivity contribution in [1.82, 2.24) is 14.7 Å². The molecule has 4 bridgehead atoms. The molecule has 5 aliphatic heterocycles. The first kappa shape index (κ1) is 27.5. The zero-order chi connectivity index (χ0) is 26.3. The van der Waals surface area contributed by atoms with Crippen LogP contribution in [0.25, 0.3) is 0 Å². The summed E-state index contributed by atoms with van der Waals surface area (Å²) in [5.74, 6) is 0. The van der Waals surface area contributed by atoms with Crippen LogP contribution in [0.1, 0.15) is 106 Å². The fraction of sp³-hybridized carbons (Fsp3) is 0.929. The van der Waals surface area contributed by atoms with Crippen LogP contribution in [0.2, 0.25) is 0 Å². The highest BCUT2D eigenvalue weighted by atomic mass is 16.6. The summed E-state index contributed by atoms with van der Waals surface area (Å²) in [6, 6.07) is 2.40. The molecule has 5 heterocycles. The molecule has 0 radical (unpaired) electrons. The number of carbonyl (C=O) groups is 2. The first-order valence-corrected chi connectivity index (χ1v) is 14.3. The topological polar surface area (TPSA) is 88.3 Å². The van der Waals surface area contributed by atoms with Gasteiger partial charge in [0, 0.05) is 36.3 Å². The van der Waals surface area contributed by atoms with Crippen LogP contribution in [0.5, 0.6) is 0 Å². The van der Waals surface area contributed by atoms with E-state index >= 15 is 0 Å². The molecule has 8 heteroatoms. The lowest BCUT2D eigenvalue weighted by molar-refractivity contribution is -0.00248. The average molecular weight is 507 g/mol. The number of piperidine rings is 2. The maximum absolute atomic E-state index is 12.4. The van der Waals surface area contributed by atoms with Crippen LogP contribution < -0.4 is 5.73 Å². The zero-order valence-electron chi connectivity index (χ0n) is 23.5. The molecule has 36 heavy (non-hydrogen) atoms. The molecule has 0 saturated carbocycles. The van der Waals surface area contributed by atoms with Crippen molar-refractivity contribution >= 4 is 12.2 Å². The number of ether oxygens (including phenoxy) is 2. The molecule has 0 aromatic heterocycles. The summed E-state index contributed by atoms with van der Waals surface area (Å²) in [6.07, 6.45) is 11.1. The second-order valence-electron chi connectivity index (χ2n) is 13.6. The minimum atomic E-state index is -0.407. The van der Waals surface area contributed by atoms with E-state index in [-0.39, 0.29) is 23.8 Å². The molecule has 206 valence electrons. The Hall–Kier alpha value is -1.54. The number of nitrogens with zero attached hydrogens (tertiary/aromatic N) is 3. The highest BCUT2D eigenvalue weighted by Gasteiger charge is 2.46. The molecule has 2 N–H and O–H groups in total. The van der Waals surface area contributed by atoms with Gasteiger partial charge in [0.25, 0.3) is 0 Å². The van der Waals surface area contributed by atoms with Crippen molar-refractivity contribution in [2.45, 2.75) is 153 Å². The van der Waals surface area contributed by atoms with E-state index in [0.29, 0.717) is 30.2 Å². The van der Waals surface area contributed by atoms with E-state index in [0.717, 1.165) is 51.4 Å². The second kappa shape index (κ2) is 10.7. The summed E-state index contributed by atoms with van der Waals surface area (Å²) in [7, 11) is 0. The quantitative estimate of drug-likeness (QED) is 0.545. The van der Waals surface area contributed by atoms with Gasteiger partial charge in [-0.3, -0.25) is 0 Å². The van der Waals surface area contributed by atoms with E-state index in [2.05, 4.69) is 9.80 Å². The largest absolute Gasteiger partial charge is 0.444 e. The number of carbonyl (C=O) groups excluding carboxylic acids is 2. The highest BCUT2D eigenvalue weighted by molar-refractivity contribution is 5.70. The maximum Gasteiger partial charge on any atom is 0.410 e. The lowest BCUT2D eigenvalue weighted by Crippen LogP contribution is -2.53. The smallest absolute Gasteiger partial charge is 0.410 e. The Morgan fingerprint density at radius 1 is 0.639 bits per heavy atom. The monoisotopic (exact) mass is 506 g/mol. The van der Waals surface area contributed by atoms with Gasteiger partial charge in [0.15, 0.2) is 0 Å². The third-order valence-corrected chi connectivity index (χ3v) is 8.34. The highest BCUT2D eigenvalue weighted by Crippen LogP contribution is 2.39. The Morgan fingerprint density at radius 3 is 1.36 bits per heavy atom. The standard InChI is InChI=1S/C16H28N2O2.C12H22N2O2/c1-16(2,3)20-15(19)18-12-6-7-13(18)11-14(10-12)17-8-4-5-9-17;1-12(2,3)16-11(15)14-9-4-5-10(14)7-8(13)6-9/h12-14H,4-11H2,1-3H3;8-10H,4-7,13H2,1-3H3. The fourth-order valence-electron chi connectivity index (χ4n) is 7.00.